The Morgan fingerprint density at radius 1 is 0.893 bits per heavy atom. The van der Waals surface area contributed by atoms with Crippen LogP contribution in [0.2, 0.25) is 0 Å². The van der Waals surface area contributed by atoms with Gasteiger partial charge in [-0.1, -0.05) is 12.1 Å². The van der Waals surface area contributed by atoms with E-state index in [-0.39, 0.29) is 18.0 Å². The summed E-state index contributed by atoms with van der Waals surface area (Å²) < 4.78 is 9.83. The Balaban J connectivity index is 1.67. The van der Waals surface area contributed by atoms with Crippen molar-refractivity contribution in [1.82, 2.24) is 5.32 Å². The second-order valence-corrected chi connectivity index (χ2v) is 5.87. The van der Waals surface area contributed by atoms with Crippen molar-refractivity contribution in [2.45, 2.75) is 6.54 Å². The Morgan fingerprint density at radius 3 is 2.32 bits per heavy atom. The first-order valence-electron chi connectivity index (χ1n) is 8.47. The lowest BCUT2D eigenvalue weighted by molar-refractivity contribution is 0.0600. The van der Waals surface area contributed by atoms with Crippen LogP contribution in [-0.4, -0.2) is 24.9 Å². The van der Waals surface area contributed by atoms with Crippen LogP contribution in [0, 0.1) is 0 Å². The summed E-state index contributed by atoms with van der Waals surface area (Å²) in [5.74, 6) is -0.577. The summed E-state index contributed by atoms with van der Waals surface area (Å²) in [6.45, 7) is 0.267. The number of ether oxygens (including phenoxy) is 1. The minimum absolute atomic E-state index is 0.267. The highest BCUT2D eigenvalue weighted by molar-refractivity contribution is 6.06. The average molecular weight is 378 g/mol. The van der Waals surface area contributed by atoms with E-state index in [9.17, 15) is 14.4 Å². The van der Waals surface area contributed by atoms with Gasteiger partial charge in [-0.3, -0.25) is 9.59 Å². The first-order chi connectivity index (χ1) is 13.6. The molecule has 2 aromatic carbocycles. The maximum Gasteiger partial charge on any atom is 0.337 e. The maximum atomic E-state index is 12.5. The molecule has 0 saturated heterocycles. The molecule has 7 heteroatoms. The van der Waals surface area contributed by atoms with Crippen LogP contribution < -0.4 is 10.6 Å². The zero-order chi connectivity index (χ0) is 19.9. The van der Waals surface area contributed by atoms with Crippen molar-refractivity contribution in [2.24, 2.45) is 0 Å². The number of hydrogen-bond acceptors (Lipinski definition) is 5. The molecule has 3 rings (SSSR count). The fourth-order valence-corrected chi connectivity index (χ4v) is 2.53. The molecular weight excluding hydrogens is 360 g/mol. The van der Waals surface area contributed by atoms with Crippen molar-refractivity contribution < 1.29 is 23.5 Å². The molecule has 0 unspecified atom stereocenters. The van der Waals surface area contributed by atoms with Crippen LogP contribution in [0.5, 0.6) is 0 Å². The summed E-state index contributed by atoms with van der Waals surface area (Å²) in [6, 6.07) is 16.2. The monoisotopic (exact) mass is 378 g/mol. The van der Waals surface area contributed by atoms with Gasteiger partial charge in [0.2, 0.25) is 0 Å². The smallest absolute Gasteiger partial charge is 0.337 e. The second kappa shape index (κ2) is 8.68. The zero-order valence-corrected chi connectivity index (χ0v) is 15.1. The van der Waals surface area contributed by atoms with Crippen LogP contribution in [0.4, 0.5) is 5.69 Å². The number of carbonyl (C=O) groups is 3. The highest BCUT2D eigenvalue weighted by Crippen LogP contribution is 2.14. The SMILES string of the molecule is COC(=O)c1cccc(C(=O)Nc2cccc(C(=O)NCc3ccco3)c2)c1. The summed E-state index contributed by atoms with van der Waals surface area (Å²) in [7, 11) is 1.28. The molecule has 0 bridgehead atoms. The van der Waals surface area contributed by atoms with E-state index in [1.165, 1.54) is 19.4 Å². The van der Waals surface area contributed by atoms with Gasteiger partial charge < -0.3 is 19.8 Å². The van der Waals surface area contributed by atoms with Crippen molar-refractivity contribution in [3.63, 3.8) is 0 Å². The zero-order valence-electron chi connectivity index (χ0n) is 15.1. The summed E-state index contributed by atoms with van der Waals surface area (Å²) in [6.07, 6.45) is 1.53. The molecular formula is C21H18N2O5. The number of furan rings is 1. The Hall–Kier alpha value is -3.87. The minimum Gasteiger partial charge on any atom is -0.467 e. The van der Waals surface area contributed by atoms with Crippen LogP contribution in [0.1, 0.15) is 36.8 Å². The van der Waals surface area contributed by atoms with Gasteiger partial charge in [-0.2, -0.15) is 0 Å². The second-order valence-electron chi connectivity index (χ2n) is 5.87. The number of amides is 2. The van der Waals surface area contributed by atoms with E-state index in [0.29, 0.717) is 22.6 Å². The van der Waals surface area contributed by atoms with Crippen LogP contribution in [0.25, 0.3) is 0 Å². The van der Waals surface area contributed by atoms with Crippen molar-refractivity contribution in [1.29, 1.82) is 0 Å². The van der Waals surface area contributed by atoms with Gasteiger partial charge in [0.15, 0.2) is 0 Å². The molecule has 1 heterocycles. The van der Waals surface area contributed by atoms with Crippen LogP contribution in [0.3, 0.4) is 0 Å². The van der Waals surface area contributed by atoms with Crippen molar-refractivity contribution in [2.75, 3.05) is 12.4 Å². The summed E-state index contributed by atoms with van der Waals surface area (Å²) in [4.78, 5) is 36.4. The van der Waals surface area contributed by atoms with Gasteiger partial charge in [-0.05, 0) is 48.5 Å². The Morgan fingerprint density at radius 2 is 1.61 bits per heavy atom. The molecule has 2 N–H and O–H groups in total. The van der Waals surface area contributed by atoms with Crippen LogP contribution in [0.15, 0.2) is 71.3 Å². The van der Waals surface area contributed by atoms with Gasteiger partial charge in [0.05, 0.1) is 25.5 Å². The topological polar surface area (TPSA) is 97.6 Å². The van der Waals surface area contributed by atoms with E-state index >= 15 is 0 Å². The molecule has 0 radical (unpaired) electrons. The molecule has 0 spiro atoms. The third kappa shape index (κ3) is 4.64. The van der Waals surface area contributed by atoms with E-state index in [0.717, 1.165) is 0 Å². The van der Waals surface area contributed by atoms with Crippen molar-refractivity contribution >= 4 is 23.5 Å². The van der Waals surface area contributed by atoms with E-state index in [2.05, 4.69) is 15.4 Å². The largest absolute Gasteiger partial charge is 0.467 e. The number of benzene rings is 2. The Bertz CT molecular complexity index is 996. The third-order valence-corrected chi connectivity index (χ3v) is 3.93. The molecule has 0 aliphatic heterocycles. The molecule has 28 heavy (non-hydrogen) atoms. The number of esters is 1. The minimum atomic E-state index is -0.523. The number of methoxy groups -OCH3 is 1. The normalized spacial score (nSPS) is 10.2. The van der Waals surface area contributed by atoms with Gasteiger partial charge in [-0.15, -0.1) is 0 Å². The van der Waals surface area contributed by atoms with Crippen LogP contribution in [-0.2, 0) is 11.3 Å². The molecule has 0 aliphatic carbocycles. The van der Waals surface area contributed by atoms with Crippen molar-refractivity contribution in [3.8, 4) is 0 Å². The molecule has 0 atom stereocenters. The first-order valence-corrected chi connectivity index (χ1v) is 8.47. The quantitative estimate of drug-likeness (QED) is 0.642. The predicted molar refractivity (Wildman–Crippen MR) is 102 cm³/mol. The molecule has 2 amide bonds. The molecule has 1 aromatic heterocycles. The third-order valence-electron chi connectivity index (χ3n) is 3.93. The van der Waals surface area contributed by atoms with Gasteiger partial charge in [-0.25, -0.2) is 4.79 Å². The lowest BCUT2D eigenvalue weighted by Gasteiger charge is -2.09. The predicted octanol–water partition coefficient (Wildman–Crippen LogP) is 3.25. The summed E-state index contributed by atoms with van der Waals surface area (Å²) >= 11 is 0. The molecule has 3 aromatic rings. The Labute approximate surface area is 161 Å². The lowest BCUT2D eigenvalue weighted by atomic mass is 10.1. The number of nitrogens with one attached hydrogen (secondary N) is 2. The first kappa shape index (κ1) is 18.9. The number of anilines is 1. The van der Waals surface area contributed by atoms with Crippen molar-refractivity contribution in [3.05, 3.63) is 89.4 Å². The highest BCUT2D eigenvalue weighted by atomic mass is 16.5. The summed E-state index contributed by atoms with van der Waals surface area (Å²) in [5.41, 5.74) is 1.43. The molecule has 142 valence electrons. The summed E-state index contributed by atoms with van der Waals surface area (Å²) in [5, 5.41) is 5.46. The molecule has 0 aliphatic rings. The van der Waals surface area contributed by atoms with E-state index < -0.39 is 11.9 Å². The molecule has 7 nitrogen and oxygen atoms in total. The lowest BCUT2D eigenvalue weighted by Crippen LogP contribution is -2.22. The standard InChI is InChI=1S/C21H18N2O5/c1-27-21(26)16-7-2-5-14(11-16)20(25)23-17-8-3-6-15(12-17)19(24)22-13-18-9-4-10-28-18/h2-12H,13H2,1H3,(H,22,24)(H,23,25). The van der Waals surface area contributed by atoms with Crippen LogP contribution >= 0.6 is 0 Å². The van der Waals surface area contributed by atoms with Gasteiger partial charge in [0.25, 0.3) is 11.8 Å². The van der Waals surface area contributed by atoms with E-state index in [1.807, 2.05) is 0 Å². The molecule has 0 saturated carbocycles. The number of hydrogen-bond donors (Lipinski definition) is 2. The maximum absolute atomic E-state index is 12.5. The number of carbonyl (C=O) groups excluding carboxylic acids is 3. The highest BCUT2D eigenvalue weighted by Gasteiger charge is 2.12. The van der Waals surface area contributed by atoms with Gasteiger partial charge in [0, 0.05) is 16.8 Å². The Kier molecular flexibility index (Phi) is 5.86. The fraction of sp³-hybridized carbons (Fsp3) is 0.0952. The van der Waals surface area contributed by atoms with E-state index in [1.54, 1.807) is 54.6 Å². The average Bonchev–Trinajstić information content (AvgIpc) is 3.25. The van der Waals surface area contributed by atoms with E-state index in [4.69, 9.17) is 4.42 Å². The van der Waals surface area contributed by atoms with Gasteiger partial charge in [0.1, 0.15) is 5.76 Å². The number of rotatable bonds is 6. The molecule has 0 fully saturated rings. The van der Waals surface area contributed by atoms with Gasteiger partial charge >= 0.3 is 5.97 Å². The fourth-order valence-electron chi connectivity index (χ4n) is 2.53.